The summed E-state index contributed by atoms with van der Waals surface area (Å²) in [5, 5.41) is 3.05. The first kappa shape index (κ1) is 30.5. The van der Waals surface area contributed by atoms with Crippen LogP contribution in [-0.2, 0) is 0 Å². The average molecular weight is 680 g/mol. The molecule has 0 bridgehead atoms. The minimum atomic E-state index is 0.600. The Bertz CT molecular complexity index is 2870. The van der Waals surface area contributed by atoms with E-state index < -0.39 is 0 Å². The lowest BCUT2D eigenvalue weighted by Crippen LogP contribution is -2.00. The van der Waals surface area contributed by atoms with E-state index in [1.54, 1.807) is 0 Å². The van der Waals surface area contributed by atoms with Crippen LogP contribution in [0.5, 0.6) is 0 Å². The van der Waals surface area contributed by atoms with E-state index in [1.165, 1.54) is 0 Å². The monoisotopic (exact) mass is 679 g/mol. The molecule has 6 heteroatoms. The van der Waals surface area contributed by atoms with E-state index in [2.05, 4.69) is 42.5 Å². The van der Waals surface area contributed by atoms with E-state index >= 15 is 0 Å². The minimum absolute atomic E-state index is 0.600. The van der Waals surface area contributed by atoms with Gasteiger partial charge in [0.05, 0.1) is 11.2 Å². The first-order valence-electron chi connectivity index (χ1n) is 17.5. The summed E-state index contributed by atoms with van der Waals surface area (Å²) in [6.07, 6.45) is 0. The quantitative estimate of drug-likeness (QED) is 0.174. The van der Waals surface area contributed by atoms with Crippen LogP contribution in [-0.4, -0.2) is 24.9 Å². The zero-order valence-electron chi connectivity index (χ0n) is 28.4. The van der Waals surface area contributed by atoms with Gasteiger partial charge >= 0.3 is 0 Å². The van der Waals surface area contributed by atoms with Gasteiger partial charge in [0.2, 0.25) is 0 Å². The van der Waals surface area contributed by atoms with Crippen LogP contribution in [0.15, 0.2) is 180 Å². The minimum Gasteiger partial charge on any atom is -0.456 e. The lowest BCUT2D eigenvalue weighted by molar-refractivity contribution is 0.669. The molecule has 53 heavy (non-hydrogen) atoms. The van der Waals surface area contributed by atoms with Crippen LogP contribution in [0.25, 0.3) is 101 Å². The molecule has 0 atom stereocenters. The second-order valence-electron chi connectivity index (χ2n) is 12.9. The number of benzene rings is 7. The Morgan fingerprint density at radius 3 is 1.49 bits per heavy atom. The molecule has 0 aliphatic rings. The molecule has 0 saturated carbocycles. The molecular formula is C47H29N5O. The van der Waals surface area contributed by atoms with E-state index in [-0.39, 0.29) is 0 Å². The van der Waals surface area contributed by atoms with E-state index in [0.717, 1.165) is 77.5 Å². The van der Waals surface area contributed by atoms with Crippen molar-refractivity contribution in [2.45, 2.75) is 0 Å². The van der Waals surface area contributed by atoms with E-state index in [1.807, 2.05) is 133 Å². The predicted molar refractivity (Wildman–Crippen MR) is 213 cm³/mol. The van der Waals surface area contributed by atoms with Gasteiger partial charge in [-0.05, 0) is 41.5 Å². The summed E-state index contributed by atoms with van der Waals surface area (Å²) < 4.78 is 6.42. The van der Waals surface area contributed by atoms with Crippen LogP contribution < -0.4 is 0 Å². The molecule has 7 aromatic carbocycles. The Hall–Kier alpha value is -7.31. The fraction of sp³-hybridized carbons (Fsp3) is 0. The molecule has 0 N–H and O–H groups in total. The third kappa shape index (κ3) is 5.59. The van der Waals surface area contributed by atoms with Crippen molar-refractivity contribution in [1.82, 2.24) is 24.9 Å². The van der Waals surface area contributed by atoms with Crippen molar-refractivity contribution in [2.24, 2.45) is 0 Å². The number of nitrogens with zero attached hydrogens (tertiary/aromatic N) is 5. The van der Waals surface area contributed by atoms with Crippen molar-refractivity contribution in [1.29, 1.82) is 0 Å². The topological polar surface area (TPSA) is 77.6 Å². The van der Waals surface area contributed by atoms with Crippen LogP contribution in [0.3, 0.4) is 0 Å². The molecule has 10 rings (SSSR count). The van der Waals surface area contributed by atoms with Crippen LogP contribution in [0.2, 0.25) is 0 Å². The number of para-hydroxylation sites is 1. The highest BCUT2D eigenvalue weighted by Crippen LogP contribution is 2.39. The lowest BCUT2D eigenvalue weighted by atomic mass is 9.96. The van der Waals surface area contributed by atoms with Crippen LogP contribution in [0, 0.1) is 0 Å². The van der Waals surface area contributed by atoms with Gasteiger partial charge in [-0.1, -0.05) is 146 Å². The number of hydrogen-bond acceptors (Lipinski definition) is 6. The van der Waals surface area contributed by atoms with Crippen molar-refractivity contribution in [3.8, 4) is 67.9 Å². The summed E-state index contributed by atoms with van der Waals surface area (Å²) in [4.78, 5) is 24.8. The Kier molecular flexibility index (Phi) is 7.36. The Morgan fingerprint density at radius 1 is 0.321 bits per heavy atom. The molecule has 6 nitrogen and oxygen atoms in total. The first-order valence-corrected chi connectivity index (χ1v) is 17.5. The summed E-state index contributed by atoms with van der Waals surface area (Å²) in [5.41, 5.74) is 10.3. The van der Waals surface area contributed by atoms with Crippen molar-refractivity contribution < 1.29 is 4.42 Å². The lowest BCUT2D eigenvalue weighted by Gasteiger charge is -2.11. The van der Waals surface area contributed by atoms with Gasteiger partial charge in [0.25, 0.3) is 0 Å². The number of aromatic nitrogens is 5. The summed E-state index contributed by atoms with van der Waals surface area (Å²) in [6.45, 7) is 0. The standard InChI is InChI=1S/C47H29N5O/c1-4-13-32(14-5-1)44-48-39-21-11-10-19-37(39)43(49-44)31-25-23-30(24-26-31)36-20-12-22-41-42(36)38-29-35(27-28-40(38)53-41)47-51-45(33-15-6-2-7-16-33)50-46(52-47)34-17-8-3-9-18-34/h1-29H. The predicted octanol–water partition coefficient (Wildman–Crippen LogP) is 11.7. The third-order valence-electron chi connectivity index (χ3n) is 9.56. The van der Waals surface area contributed by atoms with Gasteiger partial charge < -0.3 is 4.42 Å². The second kappa shape index (κ2) is 12.8. The molecule has 0 spiro atoms. The van der Waals surface area contributed by atoms with Crippen molar-refractivity contribution in [3.63, 3.8) is 0 Å². The molecule has 3 heterocycles. The molecule has 248 valence electrons. The Balaban J connectivity index is 1.09. The van der Waals surface area contributed by atoms with Gasteiger partial charge in [-0.25, -0.2) is 24.9 Å². The molecular weight excluding hydrogens is 651 g/mol. The molecule has 3 aromatic heterocycles. The van der Waals surface area contributed by atoms with Crippen molar-refractivity contribution in [3.05, 3.63) is 176 Å². The average Bonchev–Trinajstić information content (AvgIpc) is 3.62. The maximum Gasteiger partial charge on any atom is 0.164 e. The maximum atomic E-state index is 6.42. The highest BCUT2D eigenvalue weighted by Gasteiger charge is 2.18. The summed E-state index contributed by atoms with van der Waals surface area (Å²) >= 11 is 0. The van der Waals surface area contributed by atoms with Gasteiger partial charge in [-0.2, -0.15) is 0 Å². The molecule has 0 fully saturated rings. The zero-order valence-corrected chi connectivity index (χ0v) is 28.4. The van der Waals surface area contributed by atoms with Gasteiger partial charge in [0, 0.05) is 44.0 Å². The van der Waals surface area contributed by atoms with Crippen molar-refractivity contribution >= 4 is 32.8 Å². The number of hydrogen-bond donors (Lipinski definition) is 0. The highest BCUT2D eigenvalue weighted by atomic mass is 16.3. The summed E-state index contributed by atoms with van der Waals surface area (Å²) in [7, 11) is 0. The molecule has 0 amide bonds. The number of rotatable bonds is 6. The molecule has 0 aliphatic heterocycles. The van der Waals surface area contributed by atoms with E-state index in [0.29, 0.717) is 23.3 Å². The third-order valence-corrected chi connectivity index (χ3v) is 9.56. The molecule has 0 unspecified atom stereocenters. The van der Waals surface area contributed by atoms with E-state index in [4.69, 9.17) is 29.3 Å². The van der Waals surface area contributed by atoms with Gasteiger partial charge in [0.15, 0.2) is 23.3 Å². The molecule has 0 aliphatic carbocycles. The fourth-order valence-electron chi connectivity index (χ4n) is 6.96. The zero-order chi connectivity index (χ0) is 35.1. The fourth-order valence-corrected chi connectivity index (χ4v) is 6.96. The van der Waals surface area contributed by atoms with Crippen molar-refractivity contribution in [2.75, 3.05) is 0 Å². The SMILES string of the molecule is c1ccc(-c2nc(-c3ccccc3)nc(-c3ccc4oc5cccc(-c6ccc(-c7nc(-c8ccccc8)nc8ccccc78)cc6)c5c4c3)n2)cc1. The van der Waals surface area contributed by atoms with Crippen LogP contribution >= 0.6 is 0 Å². The van der Waals surface area contributed by atoms with Gasteiger partial charge in [-0.3, -0.25) is 0 Å². The maximum absolute atomic E-state index is 6.42. The second-order valence-corrected chi connectivity index (χ2v) is 12.9. The Morgan fingerprint density at radius 2 is 0.849 bits per heavy atom. The largest absolute Gasteiger partial charge is 0.456 e. The van der Waals surface area contributed by atoms with Gasteiger partial charge in [0.1, 0.15) is 11.2 Å². The summed E-state index contributed by atoms with van der Waals surface area (Å²) in [5.74, 6) is 2.56. The number of fused-ring (bicyclic) bond motifs is 4. The summed E-state index contributed by atoms with van der Waals surface area (Å²) in [6, 6.07) is 59.4. The molecule has 0 saturated heterocycles. The Labute approximate surface area is 305 Å². The van der Waals surface area contributed by atoms with Crippen LogP contribution in [0.1, 0.15) is 0 Å². The highest BCUT2D eigenvalue weighted by molar-refractivity contribution is 6.13. The first-order chi connectivity index (χ1) is 26.2. The normalized spacial score (nSPS) is 11.4. The van der Waals surface area contributed by atoms with Crippen LogP contribution in [0.4, 0.5) is 0 Å². The molecule has 0 radical (unpaired) electrons. The van der Waals surface area contributed by atoms with E-state index in [9.17, 15) is 0 Å². The van der Waals surface area contributed by atoms with Gasteiger partial charge in [-0.15, -0.1) is 0 Å². The molecule has 10 aromatic rings. The smallest absolute Gasteiger partial charge is 0.164 e. The number of furan rings is 1.